The summed E-state index contributed by atoms with van der Waals surface area (Å²) in [5.74, 6) is 0.675. The highest BCUT2D eigenvalue weighted by atomic mass is 16.3. The molecule has 0 aliphatic carbocycles. The molecule has 32 heavy (non-hydrogen) atoms. The van der Waals surface area contributed by atoms with Crippen molar-refractivity contribution in [2.75, 3.05) is 31.1 Å². The van der Waals surface area contributed by atoms with Crippen LogP contribution in [0.5, 0.6) is 5.75 Å². The Hall–Kier alpha value is -3.59. The van der Waals surface area contributed by atoms with Crippen molar-refractivity contribution in [3.05, 3.63) is 52.6 Å². The maximum Gasteiger partial charge on any atom is 0.348 e. The number of hydrogen-bond acceptors (Lipinski definition) is 6. The Balaban J connectivity index is 1.57. The van der Waals surface area contributed by atoms with Crippen LogP contribution in [0.15, 0.2) is 41.2 Å². The molecule has 0 spiro atoms. The van der Waals surface area contributed by atoms with Gasteiger partial charge in [0.1, 0.15) is 5.75 Å². The minimum Gasteiger partial charge on any atom is -0.507 e. The Morgan fingerprint density at radius 2 is 1.78 bits per heavy atom. The van der Waals surface area contributed by atoms with Crippen molar-refractivity contribution < 1.29 is 5.11 Å². The lowest BCUT2D eigenvalue weighted by Gasteiger charge is -2.29. The van der Waals surface area contributed by atoms with Gasteiger partial charge in [0, 0.05) is 49.0 Å². The molecular formula is C23H27N7O2. The van der Waals surface area contributed by atoms with Crippen LogP contribution in [0.2, 0.25) is 0 Å². The zero-order chi connectivity index (χ0) is 22.2. The third kappa shape index (κ3) is 3.44. The predicted octanol–water partition coefficient (Wildman–Crippen LogP) is 2.73. The van der Waals surface area contributed by atoms with E-state index in [1.54, 1.807) is 6.07 Å². The molecule has 9 heteroatoms. The smallest absolute Gasteiger partial charge is 0.348 e. The van der Waals surface area contributed by atoms with Crippen molar-refractivity contribution in [1.82, 2.24) is 30.3 Å². The average Bonchev–Trinajstić information content (AvgIpc) is 3.41. The predicted molar refractivity (Wildman–Crippen MR) is 125 cm³/mol. The van der Waals surface area contributed by atoms with Gasteiger partial charge >= 0.3 is 5.69 Å². The Bertz CT molecular complexity index is 1300. The molecular weight excluding hydrogens is 406 g/mol. The molecule has 2 aromatic carbocycles. The largest absolute Gasteiger partial charge is 0.507 e. The highest BCUT2D eigenvalue weighted by Gasteiger charge is 2.20. The van der Waals surface area contributed by atoms with E-state index in [1.165, 1.54) is 4.57 Å². The Morgan fingerprint density at radius 1 is 1.06 bits per heavy atom. The minimum atomic E-state index is -0.358. The fourth-order valence-corrected chi connectivity index (χ4v) is 4.28. The fourth-order valence-electron chi connectivity index (χ4n) is 4.28. The number of H-pyrrole nitrogens is 2. The summed E-state index contributed by atoms with van der Waals surface area (Å²) in [4.78, 5) is 15.0. The van der Waals surface area contributed by atoms with E-state index >= 15 is 0 Å². The maximum atomic E-state index is 12.7. The third-order valence-corrected chi connectivity index (χ3v) is 6.31. The zero-order valence-electron chi connectivity index (χ0n) is 18.2. The summed E-state index contributed by atoms with van der Waals surface area (Å²) in [7, 11) is 0. The number of rotatable bonds is 5. The number of phenols is 1. The summed E-state index contributed by atoms with van der Waals surface area (Å²) in [6, 6.07) is 11.3. The summed E-state index contributed by atoms with van der Waals surface area (Å²) < 4.78 is 1.49. The van der Waals surface area contributed by atoms with Gasteiger partial charge in [-0.05, 0) is 42.7 Å². The van der Waals surface area contributed by atoms with Gasteiger partial charge in [-0.25, -0.2) is 14.5 Å². The van der Waals surface area contributed by atoms with E-state index < -0.39 is 0 Å². The normalized spacial score (nSPS) is 15.4. The van der Waals surface area contributed by atoms with Gasteiger partial charge < -0.3 is 15.3 Å². The molecule has 5 rings (SSSR count). The first-order valence-electron chi connectivity index (χ1n) is 11.0. The lowest BCUT2D eigenvalue weighted by molar-refractivity contribution is 0.477. The van der Waals surface area contributed by atoms with Gasteiger partial charge in [-0.2, -0.15) is 10.2 Å². The van der Waals surface area contributed by atoms with E-state index in [2.05, 4.69) is 44.5 Å². The first-order valence-corrected chi connectivity index (χ1v) is 11.0. The Kier molecular flexibility index (Phi) is 5.18. The molecule has 0 amide bonds. The monoisotopic (exact) mass is 433 g/mol. The van der Waals surface area contributed by atoms with E-state index in [-0.39, 0.29) is 17.4 Å². The number of aromatic nitrogens is 5. The van der Waals surface area contributed by atoms with E-state index in [0.29, 0.717) is 22.6 Å². The molecule has 0 bridgehead atoms. The van der Waals surface area contributed by atoms with Gasteiger partial charge in [-0.1, -0.05) is 13.8 Å². The van der Waals surface area contributed by atoms with E-state index in [4.69, 9.17) is 0 Å². The van der Waals surface area contributed by atoms with Crippen molar-refractivity contribution in [2.45, 2.75) is 26.2 Å². The van der Waals surface area contributed by atoms with Crippen molar-refractivity contribution in [2.24, 2.45) is 0 Å². The Labute approximate surface area is 185 Å². The lowest BCUT2D eigenvalue weighted by atomic mass is 9.99. The number of hydrogen-bond donors (Lipinski definition) is 4. The summed E-state index contributed by atoms with van der Waals surface area (Å²) in [5, 5.41) is 29.2. The molecule has 0 saturated carbocycles. The number of fused-ring (bicyclic) bond motifs is 1. The molecule has 166 valence electrons. The second-order valence-corrected chi connectivity index (χ2v) is 8.27. The summed E-state index contributed by atoms with van der Waals surface area (Å²) >= 11 is 0. The second kappa shape index (κ2) is 8.16. The molecule has 1 atom stereocenters. The average molecular weight is 434 g/mol. The number of anilines is 1. The van der Waals surface area contributed by atoms with Crippen LogP contribution in [0.4, 0.5) is 5.69 Å². The topological polar surface area (TPSA) is 115 Å². The number of benzene rings is 2. The summed E-state index contributed by atoms with van der Waals surface area (Å²) in [6.07, 6.45) is 0.958. The SMILES string of the molecule is CCC(C)c1[nH]nc2cc(O)c(-c3n[nH]c(=O)n3-c3ccc(N4CCNCC4)cc3)cc12. The molecule has 3 heterocycles. The molecule has 1 fully saturated rings. The third-order valence-electron chi connectivity index (χ3n) is 6.31. The van der Waals surface area contributed by atoms with Crippen LogP contribution in [0.1, 0.15) is 31.9 Å². The maximum absolute atomic E-state index is 12.7. The number of nitrogens with one attached hydrogen (secondary N) is 3. The molecule has 4 N–H and O–H groups in total. The molecule has 9 nitrogen and oxygen atoms in total. The van der Waals surface area contributed by atoms with Gasteiger partial charge in [-0.3, -0.25) is 5.10 Å². The van der Waals surface area contributed by atoms with Gasteiger partial charge in [0.25, 0.3) is 0 Å². The Morgan fingerprint density at radius 3 is 2.50 bits per heavy atom. The summed E-state index contributed by atoms with van der Waals surface area (Å²) in [5.41, 5.74) is 3.62. The number of aromatic amines is 2. The van der Waals surface area contributed by atoms with Crippen LogP contribution < -0.4 is 15.9 Å². The van der Waals surface area contributed by atoms with Crippen molar-refractivity contribution in [3.63, 3.8) is 0 Å². The van der Waals surface area contributed by atoms with Crippen molar-refractivity contribution in [3.8, 4) is 22.8 Å². The molecule has 1 unspecified atom stereocenters. The standard InChI is InChI=1S/C23H27N7O2/c1-3-14(2)21-17-12-18(20(31)13-19(17)25-26-21)22-27-28-23(32)30(22)16-6-4-15(5-7-16)29-10-8-24-9-11-29/h4-7,12-14,24,31H,3,8-11H2,1-2H3,(H,25,26)(H,28,32). The van der Waals surface area contributed by atoms with Gasteiger partial charge in [-0.15, -0.1) is 0 Å². The highest BCUT2D eigenvalue weighted by molar-refractivity contribution is 5.89. The quantitative estimate of drug-likeness (QED) is 0.385. The van der Waals surface area contributed by atoms with Crippen LogP contribution in [-0.4, -0.2) is 56.2 Å². The van der Waals surface area contributed by atoms with Crippen LogP contribution in [0.3, 0.4) is 0 Å². The second-order valence-electron chi connectivity index (χ2n) is 8.27. The first-order chi connectivity index (χ1) is 15.6. The molecule has 1 aliphatic rings. The first kappa shape index (κ1) is 20.3. The molecule has 1 aliphatic heterocycles. The van der Waals surface area contributed by atoms with Gasteiger partial charge in [0.2, 0.25) is 0 Å². The van der Waals surface area contributed by atoms with E-state index in [1.807, 2.05) is 30.3 Å². The van der Waals surface area contributed by atoms with Crippen LogP contribution in [0.25, 0.3) is 28.0 Å². The minimum absolute atomic E-state index is 0.0254. The number of aromatic hydroxyl groups is 1. The van der Waals surface area contributed by atoms with Gasteiger partial charge in [0.05, 0.1) is 16.8 Å². The molecule has 2 aromatic heterocycles. The molecule has 1 saturated heterocycles. The van der Waals surface area contributed by atoms with E-state index in [9.17, 15) is 9.90 Å². The highest BCUT2D eigenvalue weighted by Crippen LogP contribution is 2.35. The number of phenolic OH excluding ortho intramolecular Hbond substituents is 1. The number of nitrogens with zero attached hydrogens (tertiary/aromatic N) is 4. The van der Waals surface area contributed by atoms with E-state index in [0.717, 1.165) is 49.4 Å². The fraction of sp³-hybridized carbons (Fsp3) is 0.348. The summed E-state index contributed by atoms with van der Waals surface area (Å²) in [6.45, 7) is 8.07. The van der Waals surface area contributed by atoms with Crippen LogP contribution in [0, 0.1) is 0 Å². The zero-order valence-corrected chi connectivity index (χ0v) is 18.2. The molecule has 4 aromatic rings. The van der Waals surface area contributed by atoms with Crippen molar-refractivity contribution in [1.29, 1.82) is 0 Å². The number of piperazine rings is 1. The van der Waals surface area contributed by atoms with Crippen LogP contribution in [-0.2, 0) is 0 Å². The van der Waals surface area contributed by atoms with Crippen LogP contribution >= 0.6 is 0 Å². The lowest BCUT2D eigenvalue weighted by Crippen LogP contribution is -2.43. The molecule has 0 radical (unpaired) electrons. The van der Waals surface area contributed by atoms with Gasteiger partial charge in [0.15, 0.2) is 5.82 Å². The van der Waals surface area contributed by atoms with Crippen molar-refractivity contribution >= 4 is 16.6 Å².